The van der Waals surface area contributed by atoms with Gasteiger partial charge in [-0.1, -0.05) is 24.2 Å². The molecule has 0 saturated carbocycles. The maximum atomic E-state index is 12.2. The van der Waals surface area contributed by atoms with E-state index in [1.54, 1.807) is 0 Å². The minimum absolute atomic E-state index is 0.104. The van der Waals surface area contributed by atoms with Crippen molar-refractivity contribution in [2.75, 3.05) is 0 Å². The molecule has 8 heteroatoms. The van der Waals surface area contributed by atoms with Crippen molar-refractivity contribution in [3.8, 4) is 5.75 Å². The van der Waals surface area contributed by atoms with Gasteiger partial charge in [-0.2, -0.15) is 13.8 Å². The second-order valence-electron chi connectivity index (χ2n) is 3.91. The van der Waals surface area contributed by atoms with Crippen molar-refractivity contribution in [1.82, 2.24) is 10.1 Å². The van der Waals surface area contributed by atoms with Gasteiger partial charge in [-0.25, -0.2) is 4.79 Å². The fourth-order valence-corrected chi connectivity index (χ4v) is 1.53. The summed E-state index contributed by atoms with van der Waals surface area (Å²) in [6.07, 6.45) is 0.586. The molecule has 0 unspecified atom stereocenters. The third kappa shape index (κ3) is 3.98. The molecular formula is C13H12F2N2O4. The molecule has 0 aliphatic heterocycles. The van der Waals surface area contributed by atoms with Crippen molar-refractivity contribution < 1.29 is 27.6 Å². The number of esters is 1. The number of hydrogen-bond donors (Lipinski definition) is 0. The van der Waals surface area contributed by atoms with Crippen molar-refractivity contribution in [2.45, 2.75) is 26.6 Å². The van der Waals surface area contributed by atoms with Crippen LogP contribution in [0.15, 0.2) is 28.8 Å². The van der Waals surface area contributed by atoms with Gasteiger partial charge in [-0.3, -0.25) is 0 Å². The van der Waals surface area contributed by atoms with Crippen molar-refractivity contribution in [3.63, 3.8) is 0 Å². The topological polar surface area (TPSA) is 74.5 Å². The smallest absolute Gasteiger partial charge is 0.387 e. The van der Waals surface area contributed by atoms with E-state index in [-0.39, 0.29) is 23.8 Å². The van der Waals surface area contributed by atoms with Gasteiger partial charge in [-0.15, -0.1) is 0 Å². The summed E-state index contributed by atoms with van der Waals surface area (Å²) in [7, 11) is 0. The maximum Gasteiger partial charge on any atom is 0.387 e. The van der Waals surface area contributed by atoms with E-state index in [1.165, 1.54) is 24.3 Å². The molecule has 0 fully saturated rings. The molecule has 1 aromatic carbocycles. The first-order chi connectivity index (χ1) is 10.1. The molecule has 0 saturated heterocycles. The summed E-state index contributed by atoms with van der Waals surface area (Å²) in [6.45, 7) is -1.42. The molecule has 0 aliphatic carbocycles. The Hall–Kier alpha value is -2.51. The highest BCUT2D eigenvalue weighted by Gasteiger charge is 2.17. The van der Waals surface area contributed by atoms with Crippen molar-refractivity contribution in [1.29, 1.82) is 0 Å². The molecule has 0 N–H and O–H groups in total. The molecule has 0 spiro atoms. The molecule has 2 rings (SSSR count). The summed E-state index contributed by atoms with van der Waals surface area (Å²) >= 11 is 0. The Labute approximate surface area is 118 Å². The normalized spacial score (nSPS) is 10.7. The second-order valence-corrected chi connectivity index (χ2v) is 3.91. The van der Waals surface area contributed by atoms with Crippen LogP contribution < -0.4 is 4.74 Å². The van der Waals surface area contributed by atoms with Crippen LogP contribution in [0.3, 0.4) is 0 Å². The van der Waals surface area contributed by atoms with E-state index in [1.807, 2.05) is 6.92 Å². The lowest BCUT2D eigenvalue weighted by molar-refractivity contribution is -0.0505. The van der Waals surface area contributed by atoms with Gasteiger partial charge in [0.1, 0.15) is 11.3 Å². The summed E-state index contributed by atoms with van der Waals surface area (Å²) in [5.74, 6) is -0.449. The first-order valence-electron chi connectivity index (χ1n) is 6.12. The minimum Gasteiger partial charge on any atom is -0.452 e. The first kappa shape index (κ1) is 14.9. The summed E-state index contributed by atoms with van der Waals surface area (Å²) in [5.41, 5.74) is -0.104. The number of rotatable bonds is 6. The highest BCUT2D eigenvalue weighted by atomic mass is 19.3. The van der Waals surface area contributed by atoms with Gasteiger partial charge < -0.3 is 14.0 Å². The third-order valence-electron chi connectivity index (χ3n) is 2.48. The van der Waals surface area contributed by atoms with E-state index in [2.05, 4.69) is 14.9 Å². The number of aromatic nitrogens is 2. The van der Waals surface area contributed by atoms with Crippen LogP contribution in [0.4, 0.5) is 8.78 Å². The molecule has 0 radical (unpaired) electrons. The number of para-hydroxylation sites is 1. The molecule has 1 heterocycles. The van der Waals surface area contributed by atoms with E-state index in [9.17, 15) is 13.6 Å². The van der Waals surface area contributed by atoms with E-state index < -0.39 is 12.6 Å². The van der Waals surface area contributed by atoms with Gasteiger partial charge in [0.2, 0.25) is 0 Å². The van der Waals surface area contributed by atoms with Crippen LogP contribution in [0.1, 0.15) is 29.0 Å². The van der Waals surface area contributed by atoms with Crippen LogP contribution in [0.5, 0.6) is 5.75 Å². The van der Waals surface area contributed by atoms with Crippen LogP contribution in [0.25, 0.3) is 0 Å². The lowest BCUT2D eigenvalue weighted by Crippen LogP contribution is -2.10. The fraction of sp³-hybridized carbons (Fsp3) is 0.308. The van der Waals surface area contributed by atoms with E-state index >= 15 is 0 Å². The Kier molecular flexibility index (Phi) is 4.81. The van der Waals surface area contributed by atoms with Gasteiger partial charge in [0, 0.05) is 6.42 Å². The highest BCUT2D eigenvalue weighted by molar-refractivity contribution is 5.92. The lowest BCUT2D eigenvalue weighted by Gasteiger charge is -2.09. The van der Waals surface area contributed by atoms with E-state index in [4.69, 9.17) is 9.26 Å². The van der Waals surface area contributed by atoms with Crippen LogP contribution in [-0.4, -0.2) is 22.7 Å². The molecule has 112 valence electrons. The number of carbonyl (C=O) groups excluding carboxylic acids is 1. The van der Waals surface area contributed by atoms with Crippen molar-refractivity contribution in [2.24, 2.45) is 0 Å². The molecular weight excluding hydrogens is 286 g/mol. The molecule has 1 aromatic heterocycles. The zero-order valence-electron chi connectivity index (χ0n) is 11.1. The molecule has 2 aromatic rings. The molecule has 6 nitrogen and oxygen atoms in total. The maximum absolute atomic E-state index is 12.2. The number of ether oxygens (including phenoxy) is 2. The van der Waals surface area contributed by atoms with E-state index in [0.717, 1.165) is 0 Å². The highest BCUT2D eigenvalue weighted by Crippen LogP contribution is 2.21. The fourth-order valence-electron chi connectivity index (χ4n) is 1.53. The number of halogens is 2. The SMILES string of the molecule is CCc1noc(COC(=O)c2ccccc2OC(F)F)n1. The molecule has 0 aliphatic rings. The molecule has 0 bridgehead atoms. The van der Waals surface area contributed by atoms with Gasteiger partial charge in [0.15, 0.2) is 12.4 Å². The van der Waals surface area contributed by atoms with Gasteiger partial charge in [0.25, 0.3) is 5.89 Å². The Morgan fingerprint density at radius 2 is 2.14 bits per heavy atom. The number of aryl methyl sites for hydroxylation is 1. The Bertz CT molecular complexity index is 616. The quantitative estimate of drug-likeness (QED) is 0.763. The van der Waals surface area contributed by atoms with Gasteiger partial charge in [0.05, 0.1) is 0 Å². The average Bonchev–Trinajstić information content (AvgIpc) is 2.93. The number of benzene rings is 1. The summed E-state index contributed by atoms with van der Waals surface area (Å²) in [5, 5.41) is 3.64. The minimum atomic E-state index is -3.03. The van der Waals surface area contributed by atoms with Gasteiger partial charge >= 0.3 is 12.6 Å². The first-order valence-corrected chi connectivity index (χ1v) is 6.12. The van der Waals surface area contributed by atoms with Crippen LogP contribution in [0, 0.1) is 0 Å². The number of alkyl halides is 2. The number of hydrogen-bond acceptors (Lipinski definition) is 6. The number of carbonyl (C=O) groups is 1. The average molecular weight is 298 g/mol. The molecule has 0 atom stereocenters. The second kappa shape index (κ2) is 6.78. The third-order valence-corrected chi connectivity index (χ3v) is 2.48. The van der Waals surface area contributed by atoms with Crippen molar-refractivity contribution in [3.05, 3.63) is 41.5 Å². The predicted molar refractivity (Wildman–Crippen MR) is 65.9 cm³/mol. The van der Waals surface area contributed by atoms with E-state index in [0.29, 0.717) is 12.2 Å². The predicted octanol–water partition coefficient (Wildman–Crippen LogP) is 2.59. The summed E-state index contributed by atoms with van der Waals surface area (Å²) in [4.78, 5) is 15.8. The summed E-state index contributed by atoms with van der Waals surface area (Å²) in [6, 6.07) is 5.56. The zero-order chi connectivity index (χ0) is 15.2. The Balaban J connectivity index is 2.03. The van der Waals surface area contributed by atoms with Crippen LogP contribution in [-0.2, 0) is 17.8 Å². The van der Waals surface area contributed by atoms with Gasteiger partial charge in [-0.05, 0) is 12.1 Å². The molecule has 0 amide bonds. The van der Waals surface area contributed by atoms with Crippen LogP contribution >= 0.6 is 0 Å². The molecule has 21 heavy (non-hydrogen) atoms. The standard InChI is InChI=1S/C13H12F2N2O4/c1-2-10-16-11(21-17-10)7-19-12(18)8-5-3-4-6-9(8)20-13(14)15/h3-6,13H,2,7H2,1H3. The van der Waals surface area contributed by atoms with Crippen molar-refractivity contribution >= 4 is 5.97 Å². The summed E-state index contributed by atoms with van der Waals surface area (Å²) < 4.78 is 38.5. The largest absolute Gasteiger partial charge is 0.452 e. The lowest BCUT2D eigenvalue weighted by atomic mass is 10.2. The Morgan fingerprint density at radius 3 is 2.81 bits per heavy atom. The Morgan fingerprint density at radius 1 is 1.38 bits per heavy atom. The van der Waals surface area contributed by atoms with Crippen LogP contribution in [0.2, 0.25) is 0 Å². The zero-order valence-corrected chi connectivity index (χ0v) is 11.1. The monoisotopic (exact) mass is 298 g/mol. The number of nitrogens with zero attached hydrogens (tertiary/aromatic N) is 2.